The predicted octanol–water partition coefficient (Wildman–Crippen LogP) is 4.26. The molecule has 0 saturated carbocycles. The van der Waals surface area contributed by atoms with E-state index in [0.29, 0.717) is 22.5 Å². The first kappa shape index (κ1) is 19.3. The molecule has 2 aromatic carbocycles. The van der Waals surface area contributed by atoms with Crippen LogP contribution >= 0.6 is 23.1 Å². The third-order valence-corrected chi connectivity index (χ3v) is 5.83. The van der Waals surface area contributed by atoms with Gasteiger partial charge in [0.05, 0.1) is 5.69 Å². The zero-order valence-electron chi connectivity index (χ0n) is 15.0. The first-order valence-electron chi connectivity index (χ1n) is 8.49. The summed E-state index contributed by atoms with van der Waals surface area (Å²) in [6.07, 6.45) is 0. The molecule has 0 aliphatic carbocycles. The highest BCUT2D eigenvalue weighted by Crippen LogP contribution is 2.27. The van der Waals surface area contributed by atoms with E-state index in [0.717, 1.165) is 16.3 Å². The maximum atomic E-state index is 13.1. The molecule has 0 unspecified atom stereocenters. The molecule has 0 spiro atoms. The second-order valence-corrected chi connectivity index (χ2v) is 7.75. The van der Waals surface area contributed by atoms with E-state index in [2.05, 4.69) is 15.2 Å². The molecule has 4 aromatic rings. The van der Waals surface area contributed by atoms with E-state index in [1.54, 1.807) is 12.1 Å². The third kappa shape index (κ3) is 4.72. The molecule has 10 heteroatoms. The highest BCUT2D eigenvalue weighted by atomic mass is 32.2. The molecular weight excluding hydrogens is 416 g/mol. The van der Waals surface area contributed by atoms with Crippen molar-refractivity contribution in [2.45, 2.75) is 17.5 Å². The molecule has 2 N–H and O–H groups in total. The molecule has 148 valence electrons. The van der Waals surface area contributed by atoms with Crippen LogP contribution in [0.25, 0.3) is 10.6 Å². The Hall–Kier alpha value is -2.98. The molecule has 29 heavy (non-hydrogen) atoms. The first-order chi connectivity index (χ1) is 14.1. The van der Waals surface area contributed by atoms with Crippen molar-refractivity contribution in [3.63, 3.8) is 0 Å². The maximum absolute atomic E-state index is 13.1. The average Bonchev–Trinajstić information content (AvgIpc) is 3.33. The average molecular weight is 431 g/mol. The van der Waals surface area contributed by atoms with Crippen molar-refractivity contribution in [2.75, 3.05) is 5.84 Å². The smallest absolute Gasteiger partial charge is 0.210 e. The highest BCUT2D eigenvalue weighted by molar-refractivity contribution is 7.98. The van der Waals surface area contributed by atoms with Gasteiger partial charge in [0.2, 0.25) is 5.16 Å². The number of nitrogens with two attached hydrogens (primary N) is 1. The summed E-state index contributed by atoms with van der Waals surface area (Å²) >= 11 is 2.89. The monoisotopic (exact) mass is 431 g/mol. The summed E-state index contributed by atoms with van der Waals surface area (Å²) in [4.78, 5) is 4.57. The van der Waals surface area contributed by atoms with Gasteiger partial charge in [0.25, 0.3) is 0 Å². The second kappa shape index (κ2) is 8.58. The van der Waals surface area contributed by atoms with E-state index < -0.39 is 0 Å². The van der Waals surface area contributed by atoms with Gasteiger partial charge in [-0.2, -0.15) is 0 Å². The third-order valence-electron chi connectivity index (χ3n) is 3.91. The Labute approximate surface area is 173 Å². The number of halogens is 2. The van der Waals surface area contributed by atoms with Gasteiger partial charge in [0.1, 0.15) is 29.0 Å². The van der Waals surface area contributed by atoms with E-state index in [4.69, 9.17) is 10.6 Å². The van der Waals surface area contributed by atoms with E-state index in [1.165, 1.54) is 64.2 Å². The standard InChI is InChI=1S/C19H15F2N5OS2/c20-13-3-1-12(2-4-13)18-23-15(10-28-18)11-29-19-25-24-17(26(19)22)9-27-16-7-5-14(21)6-8-16/h1-8,10H,9,11,22H2. The number of benzene rings is 2. The SMILES string of the molecule is Nn1c(COc2ccc(F)cc2)nnc1SCc1csc(-c2ccc(F)cc2)n1. The minimum absolute atomic E-state index is 0.112. The Morgan fingerprint density at radius 3 is 2.41 bits per heavy atom. The van der Waals surface area contributed by atoms with Crippen LogP contribution in [0.15, 0.2) is 59.1 Å². The molecule has 4 rings (SSSR count). The molecule has 2 heterocycles. The van der Waals surface area contributed by atoms with Crippen molar-refractivity contribution in [1.29, 1.82) is 0 Å². The molecule has 0 atom stereocenters. The van der Waals surface area contributed by atoms with Crippen LogP contribution in [-0.4, -0.2) is 19.9 Å². The largest absolute Gasteiger partial charge is 0.486 e. The molecule has 0 radical (unpaired) electrons. The lowest BCUT2D eigenvalue weighted by Gasteiger charge is -2.06. The predicted molar refractivity (Wildman–Crippen MR) is 108 cm³/mol. The van der Waals surface area contributed by atoms with E-state index >= 15 is 0 Å². The molecule has 0 aliphatic rings. The Bertz CT molecular complexity index is 1100. The Balaban J connectivity index is 1.35. The lowest BCUT2D eigenvalue weighted by molar-refractivity contribution is 0.291. The molecule has 0 bridgehead atoms. The molecule has 0 saturated heterocycles. The highest BCUT2D eigenvalue weighted by Gasteiger charge is 2.13. The van der Waals surface area contributed by atoms with Crippen molar-refractivity contribution in [3.8, 4) is 16.3 Å². The van der Waals surface area contributed by atoms with Crippen LogP contribution in [-0.2, 0) is 12.4 Å². The fourth-order valence-electron chi connectivity index (χ4n) is 2.42. The van der Waals surface area contributed by atoms with Gasteiger partial charge < -0.3 is 10.6 Å². The number of nitrogen functional groups attached to an aromatic ring is 1. The van der Waals surface area contributed by atoms with Gasteiger partial charge in [-0.05, 0) is 48.5 Å². The molecule has 0 aliphatic heterocycles. The summed E-state index contributed by atoms with van der Waals surface area (Å²) in [5.41, 5.74) is 1.74. The minimum Gasteiger partial charge on any atom is -0.486 e. The van der Waals surface area contributed by atoms with Crippen LogP contribution in [0.1, 0.15) is 11.5 Å². The number of thiazole rings is 1. The van der Waals surface area contributed by atoms with Crippen LogP contribution in [0, 0.1) is 11.6 Å². The zero-order valence-corrected chi connectivity index (χ0v) is 16.6. The summed E-state index contributed by atoms with van der Waals surface area (Å²) in [5, 5.41) is 11.4. The summed E-state index contributed by atoms with van der Waals surface area (Å²) in [6.45, 7) is 0.112. The van der Waals surface area contributed by atoms with Gasteiger partial charge in [-0.15, -0.1) is 21.5 Å². The van der Waals surface area contributed by atoms with Gasteiger partial charge in [-0.3, -0.25) is 0 Å². The van der Waals surface area contributed by atoms with Crippen molar-refractivity contribution in [1.82, 2.24) is 19.9 Å². The first-order valence-corrected chi connectivity index (χ1v) is 10.4. The van der Waals surface area contributed by atoms with Gasteiger partial charge in [0, 0.05) is 16.7 Å². The van der Waals surface area contributed by atoms with E-state index in [9.17, 15) is 8.78 Å². The molecule has 2 aromatic heterocycles. The number of ether oxygens (including phenoxy) is 1. The van der Waals surface area contributed by atoms with Crippen molar-refractivity contribution < 1.29 is 13.5 Å². The number of rotatable bonds is 7. The summed E-state index contributed by atoms with van der Waals surface area (Å²) < 4.78 is 32.9. The van der Waals surface area contributed by atoms with Crippen LogP contribution in [0.4, 0.5) is 8.78 Å². The number of hydrogen-bond donors (Lipinski definition) is 1. The molecule has 0 fully saturated rings. The van der Waals surface area contributed by atoms with Crippen LogP contribution in [0.5, 0.6) is 5.75 Å². The fourth-order valence-corrected chi connectivity index (χ4v) is 4.12. The maximum Gasteiger partial charge on any atom is 0.210 e. The summed E-state index contributed by atoms with van der Waals surface area (Å²) in [5.74, 6) is 6.96. The minimum atomic E-state index is -0.331. The van der Waals surface area contributed by atoms with Crippen LogP contribution < -0.4 is 10.6 Å². The summed E-state index contributed by atoms with van der Waals surface area (Å²) in [7, 11) is 0. The second-order valence-electron chi connectivity index (χ2n) is 5.95. The van der Waals surface area contributed by atoms with Crippen molar-refractivity contribution >= 4 is 23.1 Å². The Morgan fingerprint density at radius 2 is 1.69 bits per heavy atom. The van der Waals surface area contributed by atoms with E-state index in [-0.39, 0.29) is 18.2 Å². The van der Waals surface area contributed by atoms with Gasteiger partial charge in [0.15, 0.2) is 5.82 Å². The lowest BCUT2D eigenvalue weighted by Crippen LogP contribution is -2.15. The van der Waals surface area contributed by atoms with E-state index in [1.807, 2.05) is 5.38 Å². The van der Waals surface area contributed by atoms with Crippen LogP contribution in [0.3, 0.4) is 0 Å². The molecule has 0 amide bonds. The van der Waals surface area contributed by atoms with Gasteiger partial charge in [-0.1, -0.05) is 11.8 Å². The number of thioether (sulfide) groups is 1. The Kier molecular flexibility index (Phi) is 5.72. The topological polar surface area (TPSA) is 78.9 Å². The number of hydrogen-bond acceptors (Lipinski definition) is 7. The molecular formula is C19H15F2N5OS2. The summed E-state index contributed by atoms with van der Waals surface area (Å²) in [6, 6.07) is 11.9. The van der Waals surface area contributed by atoms with Crippen LogP contribution in [0.2, 0.25) is 0 Å². The van der Waals surface area contributed by atoms with Crippen molar-refractivity contribution in [2.24, 2.45) is 0 Å². The zero-order chi connectivity index (χ0) is 20.2. The number of nitrogens with zero attached hydrogens (tertiary/aromatic N) is 4. The van der Waals surface area contributed by atoms with Crippen molar-refractivity contribution in [3.05, 3.63) is 77.1 Å². The molecule has 6 nitrogen and oxygen atoms in total. The fraction of sp³-hybridized carbons (Fsp3) is 0.105. The Morgan fingerprint density at radius 1 is 1.00 bits per heavy atom. The lowest BCUT2D eigenvalue weighted by atomic mass is 10.2. The quantitative estimate of drug-likeness (QED) is 0.348. The normalized spacial score (nSPS) is 11.0. The number of aromatic nitrogens is 4. The van der Waals surface area contributed by atoms with Gasteiger partial charge >= 0.3 is 0 Å². The van der Waals surface area contributed by atoms with Gasteiger partial charge in [-0.25, -0.2) is 18.4 Å².